The minimum absolute atomic E-state index is 0.0224. The van der Waals surface area contributed by atoms with Gasteiger partial charge in [-0.05, 0) is 18.1 Å². The molecule has 1 aliphatic heterocycles. The monoisotopic (exact) mass is 354 g/mol. The average Bonchev–Trinajstić information content (AvgIpc) is 2.54. The maximum atomic E-state index is 12.5. The molecule has 0 radical (unpaired) electrons. The van der Waals surface area contributed by atoms with Crippen molar-refractivity contribution in [2.75, 3.05) is 11.9 Å². The SMILES string of the molecule is O=C(O)NC1COc2cc(Nc3ncc(C(F)(F)F)cn3)ccc2C1. The molecule has 1 unspecified atom stereocenters. The van der Waals surface area contributed by atoms with Crippen molar-refractivity contribution in [3.8, 4) is 5.75 Å². The molecule has 7 nitrogen and oxygen atoms in total. The number of fused-ring (bicyclic) bond motifs is 1. The number of nitrogens with zero attached hydrogens (tertiary/aromatic N) is 2. The highest BCUT2D eigenvalue weighted by atomic mass is 19.4. The van der Waals surface area contributed by atoms with E-state index in [1.54, 1.807) is 18.2 Å². The molecule has 0 spiro atoms. The second kappa shape index (κ2) is 6.46. The standard InChI is InChI=1S/C15H13F3N4O3/c16-15(17,18)9-5-19-13(20-6-9)21-10-2-1-8-3-11(22-14(23)24)7-25-12(8)4-10/h1-2,4-6,11,22H,3,7H2,(H,23,24)(H,19,20,21). The third-order valence-electron chi connectivity index (χ3n) is 3.54. The fraction of sp³-hybridized carbons (Fsp3) is 0.267. The summed E-state index contributed by atoms with van der Waals surface area (Å²) in [5.41, 5.74) is 0.441. The lowest BCUT2D eigenvalue weighted by Crippen LogP contribution is -2.42. The van der Waals surface area contributed by atoms with Gasteiger partial charge in [-0.1, -0.05) is 6.07 Å². The van der Waals surface area contributed by atoms with Gasteiger partial charge < -0.3 is 20.5 Å². The largest absolute Gasteiger partial charge is 0.491 e. The Bertz CT molecular complexity index is 781. The molecule has 1 atom stereocenters. The van der Waals surface area contributed by atoms with Crippen molar-refractivity contribution in [2.45, 2.75) is 18.6 Å². The summed E-state index contributed by atoms with van der Waals surface area (Å²) in [4.78, 5) is 17.9. The van der Waals surface area contributed by atoms with Gasteiger partial charge >= 0.3 is 12.3 Å². The van der Waals surface area contributed by atoms with Crippen LogP contribution in [0.25, 0.3) is 0 Å². The maximum Gasteiger partial charge on any atom is 0.419 e. The predicted molar refractivity (Wildman–Crippen MR) is 80.9 cm³/mol. The number of anilines is 2. The van der Waals surface area contributed by atoms with Crippen LogP contribution in [0.4, 0.5) is 29.6 Å². The predicted octanol–water partition coefficient (Wildman–Crippen LogP) is 2.81. The number of carboxylic acid groups (broad SMARTS) is 1. The lowest BCUT2D eigenvalue weighted by Gasteiger charge is -2.25. The summed E-state index contributed by atoms with van der Waals surface area (Å²) in [5.74, 6) is 0.592. The van der Waals surface area contributed by atoms with Crippen molar-refractivity contribution in [1.29, 1.82) is 0 Å². The van der Waals surface area contributed by atoms with Gasteiger partial charge in [0.25, 0.3) is 0 Å². The molecule has 0 saturated carbocycles. The summed E-state index contributed by atoms with van der Waals surface area (Å²) < 4.78 is 43.0. The van der Waals surface area contributed by atoms with Crippen molar-refractivity contribution in [3.63, 3.8) is 0 Å². The van der Waals surface area contributed by atoms with Crippen LogP contribution in [0.3, 0.4) is 0 Å². The fourth-order valence-electron chi connectivity index (χ4n) is 2.39. The number of hydrogen-bond acceptors (Lipinski definition) is 5. The molecule has 2 heterocycles. The van der Waals surface area contributed by atoms with E-state index in [9.17, 15) is 18.0 Å². The number of nitrogens with one attached hydrogen (secondary N) is 2. The molecule has 10 heteroatoms. The minimum Gasteiger partial charge on any atom is -0.491 e. The van der Waals surface area contributed by atoms with Crippen LogP contribution in [0.2, 0.25) is 0 Å². The Morgan fingerprint density at radius 3 is 2.64 bits per heavy atom. The van der Waals surface area contributed by atoms with Crippen molar-refractivity contribution in [1.82, 2.24) is 15.3 Å². The molecule has 1 aliphatic rings. The van der Waals surface area contributed by atoms with E-state index in [4.69, 9.17) is 9.84 Å². The highest BCUT2D eigenvalue weighted by molar-refractivity contribution is 5.65. The molecular weight excluding hydrogens is 341 g/mol. The molecule has 1 aromatic carbocycles. The number of benzene rings is 1. The van der Waals surface area contributed by atoms with Crippen LogP contribution >= 0.6 is 0 Å². The van der Waals surface area contributed by atoms with Crippen LogP contribution in [0.1, 0.15) is 11.1 Å². The van der Waals surface area contributed by atoms with Crippen LogP contribution < -0.4 is 15.4 Å². The Labute approximate surface area is 139 Å². The van der Waals surface area contributed by atoms with Gasteiger partial charge in [0, 0.05) is 24.1 Å². The van der Waals surface area contributed by atoms with Gasteiger partial charge in [0.1, 0.15) is 12.4 Å². The number of halogens is 3. The number of hydrogen-bond donors (Lipinski definition) is 3. The number of amides is 1. The summed E-state index contributed by atoms with van der Waals surface area (Å²) in [6, 6.07) is 4.76. The maximum absolute atomic E-state index is 12.5. The van der Waals surface area contributed by atoms with E-state index in [1.807, 2.05) is 0 Å². The molecule has 3 rings (SSSR count). The van der Waals surface area contributed by atoms with Crippen molar-refractivity contribution in [3.05, 3.63) is 41.7 Å². The molecule has 0 fully saturated rings. The third-order valence-corrected chi connectivity index (χ3v) is 3.54. The van der Waals surface area contributed by atoms with Gasteiger partial charge in [-0.3, -0.25) is 0 Å². The van der Waals surface area contributed by atoms with E-state index in [0.29, 0.717) is 30.3 Å². The van der Waals surface area contributed by atoms with E-state index in [1.165, 1.54) is 0 Å². The average molecular weight is 354 g/mol. The first-order chi connectivity index (χ1) is 11.8. The first-order valence-corrected chi connectivity index (χ1v) is 7.23. The van der Waals surface area contributed by atoms with Crippen LogP contribution in [0.15, 0.2) is 30.6 Å². The molecule has 1 aromatic heterocycles. The minimum atomic E-state index is -4.49. The van der Waals surface area contributed by atoms with E-state index in [-0.39, 0.29) is 18.6 Å². The number of aromatic nitrogens is 2. The van der Waals surface area contributed by atoms with Crippen molar-refractivity contribution < 1.29 is 27.8 Å². The van der Waals surface area contributed by atoms with Crippen LogP contribution in [0, 0.1) is 0 Å². The number of ether oxygens (including phenoxy) is 1. The molecule has 0 saturated heterocycles. The fourth-order valence-corrected chi connectivity index (χ4v) is 2.39. The summed E-state index contributed by atoms with van der Waals surface area (Å²) >= 11 is 0. The Kier molecular flexibility index (Phi) is 4.34. The van der Waals surface area contributed by atoms with Crippen molar-refractivity contribution >= 4 is 17.7 Å². The zero-order valence-electron chi connectivity index (χ0n) is 12.7. The van der Waals surface area contributed by atoms with Gasteiger partial charge in [0.05, 0.1) is 11.6 Å². The first-order valence-electron chi connectivity index (χ1n) is 7.23. The number of alkyl halides is 3. The van der Waals surface area contributed by atoms with E-state index in [2.05, 4.69) is 20.6 Å². The Morgan fingerprint density at radius 1 is 1.28 bits per heavy atom. The highest BCUT2D eigenvalue weighted by Crippen LogP contribution is 2.30. The van der Waals surface area contributed by atoms with Crippen LogP contribution in [0.5, 0.6) is 5.75 Å². The van der Waals surface area contributed by atoms with Gasteiger partial charge in [0.2, 0.25) is 5.95 Å². The highest BCUT2D eigenvalue weighted by Gasteiger charge is 2.31. The molecule has 1 amide bonds. The summed E-state index contributed by atoms with van der Waals surface area (Å²) in [6.45, 7) is 0.194. The Hall–Kier alpha value is -3.04. The number of carbonyl (C=O) groups is 1. The van der Waals surface area contributed by atoms with Gasteiger partial charge in [-0.25, -0.2) is 14.8 Å². The van der Waals surface area contributed by atoms with Crippen LogP contribution in [-0.2, 0) is 12.6 Å². The first kappa shape index (κ1) is 16.8. The smallest absolute Gasteiger partial charge is 0.419 e. The van der Waals surface area contributed by atoms with E-state index >= 15 is 0 Å². The summed E-state index contributed by atoms with van der Waals surface area (Å²) in [7, 11) is 0. The Morgan fingerprint density at radius 2 is 2.00 bits per heavy atom. The normalized spacial score (nSPS) is 16.5. The van der Waals surface area contributed by atoms with Gasteiger partial charge in [0.15, 0.2) is 0 Å². The molecule has 2 aromatic rings. The summed E-state index contributed by atoms with van der Waals surface area (Å²) in [5, 5.41) is 13.9. The second-order valence-corrected chi connectivity index (χ2v) is 5.40. The number of rotatable bonds is 3. The lowest BCUT2D eigenvalue weighted by atomic mass is 10.0. The quantitative estimate of drug-likeness (QED) is 0.784. The second-order valence-electron chi connectivity index (χ2n) is 5.40. The molecule has 0 aliphatic carbocycles. The molecule has 132 valence electrons. The zero-order valence-corrected chi connectivity index (χ0v) is 12.7. The summed E-state index contributed by atoms with van der Waals surface area (Å²) in [6.07, 6.45) is -3.72. The lowest BCUT2D eigenvalue weighted by molar-refractivity contribution is -0.138. The molecule has 25 heavy (non-hydrogen) atoms. The van der Waals surface area contributed by atoms with Crippen LogP contribution in [-0.4, -0.2) is 33.8 Å². The third kappa shape index (κ3) is 4.08. The molecular formula is C15H13F3N4O3. The zero-order chi connectivity index (χ0) is 18.0. The van der Waals surface area contributed by atoms with Gasteiger partial charge in [-0.2, -0.15) is 13.2 Å². The van der Waals surface area contributed by atoms with Crippen molar-refractivity contribution in [2.24, 2.45) is 0 Å². The van der Waals surface area contributed by atoms with Gasteiger partial charge in [-0.15, -0.1) is 0 Å². The molecule has 0 bridgehead atoms. The topological polar surface area (TPSA) is 96.4 Å². The van der Waals surface area contributed by atoms with E-state index in [0.717, 1.165) is 5.56 Å². The Balaban J connectivity index is 1.70. The molecule has 3 N–H and O–H groups in total. The van der Waals surface area contributed by atoms with E-state index < -0.39 is 17.8 Å².